The first-order valence-corrected chi connectivity index (χ1v) is 7.60. The zero-order valence-electron chi connectivity index (χ0n) is 12.0. The highest BCUT2D eigenvalue weighted by Gasteiger charge is 2.25. The number of rotatable bonds is 2. The molecule has 0 aliphatic carbocycles. The lowest BCUT2D eigenvalue weighted by Crippen LogP contribution is -2.53. The first-order chi connectivity index (χ1) is 8.86. The number of benzene rings is 1. The molecule has 1 heterocycles. The molecule has 106 valence electrons. The van der Waals surface area contributed by atoms with Crippen LogP contribution in [0, 0.1) is 0 Å². The summed E-state index contributed by atoms with van der Waals surface area (Å²) in [5, 5.41) is 9.89. The van der Waals surface area contributed by atoms with Crippen molar-refractivity contribution in [2.24, 2.45) is 0 Å². The van der Waals surface area contributed by atoms with Crippen molar-refractivity contribution < 1.29 is 5.11 Å². The van der Waals surface area contributed by atoms with Crippen molar-refractivity contribution in [3.8, 4) is 5.75 Å². The molecule has 1 aromatic carbocycles. The molecule has 0 spiro atoms. The van der Waals surface area contributed by atoms with Crippen LogP contribution in [0.5, 0.6) is 5.75 Å². The maximum atomic E-state index is 9.89. The number of piperazine rings is 1. The predicted octanol–water partition coefficient (Wildman–Crippen LogP) is 3.07. The van der Waals surface area contributed by atoms with E-state index in [1.807, 2.05) is 12.1 Å². The van der Waals surface area contributed by atoms with Crippen LogP contribution in [0.4, 0.5) is 0 Å². The van der Waals surface area contributed by atoms with E-state index >= 15 is 0 Å². The van der Waals surface area contributed by atoms with Crippen LogP contribution < -0.4 is 0 Å². The van der Waals surface area contributed by atoms with Gasteiger partial charge in [0.1, 0.15) is 5.75 Å². The maximum absolute atomic E-state index is 9.89. The van der Waals surface area contributed by atoms with E-state index in [-0.39, 0.29) is 5.54 Å². The van der Waals surface area contributed by atoms with Gasteiger partial charge in [-0.2, -0.15) is 0 Å². The highest BCUT2D eigenvalue weighted by molar-refractivity contribution is 9.10. The van der Waals surface area contributed by atoms with Crippen LogP contribution in [-0.4, -0.2) is 46.6 Å². The molecule has 0 amide bonds. The summed E-state index contributed by atoms with van der Waals surface area (Å²) >= 11 is 3.46. The minimum absolute atomic E-state index is 0.254. The van der Waals surface area contributed by atoms with E-state index in [2.05, 4.69) is 46.5 Å². The molecule has 3 nitrogen and oxygen atoms in total. The van der Waals surface area contributed by atoms with Gasteiger partial charge < -0.3 is 5.11 Å². The van der Waals surface area contributed by atoms with E-state index < -0.39 is 0 Å². The van der Waals surface area contributed by atoms with Gasteiger partial charge in [-0.3, -0.25) is 9.80 Å². The Morgan fingerprint density at radius 1 is 1.16 bits per heavy atom. The number of aromatic hydroxyl groups is 1. The van der Waals surface area contributed by atoms with E-state index in [0.29, 0.717) is 5.75 Å². The molecule has 0 atom stereocenters. The summed E-state index contributed by atoms with van der Waals surface area (Å²) in [6.45, 7) is 11.9. The molecule has 1 aliphatic heterocycles. The minimum Gasteiger partial charge on any atom is -0.508 e. The third kappa shape index (κ3) is 3.94. The smallest absolute Gasteiger partial charge is 0.120 e. The predicted molar refractivity (Wildman–Crippen MR) is 82.4 cm³/mol. The molecule has 0 unspecified atom stereocenters. The second-order valence-corrected chi connectivity index (χ2v) is 7.12. The van der Waals surface area contributed by atoms with Gasteiger partial charge in [-0.1, -0.05) is 15.9 Å². The number of hydrogen-bond acceptors (Lipinski definition) is 3. The van der Waals surface area contributed by atoms with E-state index in [1.165, 1.54) is 0 Å². The van der Waals surface area contributed by atoms with E-state index in [4.69, 9.17) is 0 Å². The van der Waals surface area contributed by atoms with Gasteiger partial charge in [-0.25, -0.2) is 0 Å². The van der Waals surface area contributed by atoms with Gasteiger partial charge in [0, 0.05) is 48.3 Å². The van der Waals surface area contributed by atoms with Crippen molar-refractivity contribution in [2.45, 2.75) is 32.9 Å². The molecule has 1 fully saturated rings. The highest BCUT2D eigenvalue weighted by atomic mass is 79.9. The molecule has 0 aromatic heterocycles. The first kappa shape index (κ1) is 14.8. The number of hydrogen-bond donors (Lipinski definition) is 1. The molecule has 0 saturated carbocycles. The zero-order valence-corrected chi connectivity index (χ0v) is 13.6. The summed E-state index contributed by atoms with van der Waals surface area (Å²) in [6, 6.07) is 5.63. The molecule has 0 radical (unpaired) electrons. The fraction of sp³-hybridized carbons (Fsp3) is 0.600. The first-order valence-electron chi connectivity index (χ1n) is 6.81. The summed E-state index contributed by atoms with van der Waals surface area (Å²) in [6.07, 6.45) is 0. The van der Waals surface area contributed by atoms with E-state index in [0.717, 1.165) is 42.8 Å². The summed E-state index contributed by atoms with van der Waals surface area (Å²) in [5.41, 5.74) is 1.25. The Morgan fingerprint density at radius 3 is 2.37 bits per heavy atom. The van der Waals surface area contributed by atoms with Gasteiger partial charge in [0.05, 0.1) is 0 Å². The lowest BCUT2D eigenvalue weighted by Gasteiger charge is -2.42. The van der Waals surface area contributed by atoms with Crippen LogP contribution >= 0.6 is 15.9 Å². The molecule has 0 bridgehead atoms. The number of halogens is 1. The van der Waals surface area contributed by atoms with Crippen LogP contribution in [0.2, 0.25) is 0 Å². The molecule has 1 N–H and O–H groups in total. The molecular weight excluding hydrogens is 304 g/mol. The van der Waals surface area contributed by atoms with Crippen molar-refractivity contribution in [1.82, 2.24) is 9.80 Å². The van der Waals surface area contributed by atoms with Crippen LogP contribution in [0.15, 0.2) is 22.7 Å². The molecular formula is C15H23BrN2O. The molecule has 4 heteroatoms. The average Bonchev–Trinajstić information content (AvgIpc) is 2.33. The van der Waals surface area contributed by atoms with Gasteiger partial charge in [0.25, 0.3) is 0 Å². The highest BCUT2D eigenvalue weighted by Crippen LogP contribution is 2.24. The summed E-state index contributed by atoms with van der Waals surface area (Å²) in [4.78, 5) is 4.92. The summed E-state index contributed by atoms with van der Waals surface area (Å²) < 4.78 is 1.02. The van der Waals surface area contributed by atoms with E-state index in [9.17, 15) is 5.11 Å². The summed E-state index contributed by atoms with van der Waals surface area (Å²) in [7, 11) is 0. The largest absolute Gasteiger partial charge is 0.508 e. The molecule has 1 saturated heterocycles. The Hall–Kier alpha value is -0.580. The number of phenolic OH excluding ortho intramolecular Hbond substituents is 1. The van der Waals surface area contributed by atoms with Crippen molar-refractivity contribution in [3.63, 3.8) is 0 Å². The average molecular weight is 327 g/mol. The maximum Gasteiger partial charge on any atom is 0.120 e. The van der Waals surface area contributed by atoms with Gasteiger partial charge >= 0.3 is 0 Å². The van der Waals surface area contributed by atoms with Gasteiger partial charge in [0.15, 0.2) is 0 Å². The SMILES string of the molecule is CC(C)(C)N1CCN(Cc2cc(Br)ccc2O)CC1. The minimum atomic E-state index is 0.254. The standard InChI is InChI=1S/C15H23BrN2O/c1-15(2,3)18-8-6-17(7-9-18)11-12-10-13(16)4-5-14(12)19/h4-5,10,19H,6-9,11H2,1-3H3. The second-order valence-electron chi connectivity index (χ2n) is 6.21. The third-order valence-corrected chi connectivity index (χ3v) is 4.25. The van der Waals surface area contributed by atoms with Crippen molar-refractivity contribution >= 4 is 15.9 Å². The molecule has 19 heavy (non-hydrogen) atoms. The normalized spacial score (nSPS) is 18.7. The Morgan fingerprint density at radius 2 is 1.79 bits per heavy atom. The Kier molecular flexibility index (Phi) is 4.54. The molecule has 2 rings (SSSR count). The fourth-order valence-corrected chi connectivity index (χ4v) is 2.91. The van der Waals surface area contributed by atoms with Crippen molar-refractivity contribution in [2.75, 3.05) is 26.2 Å². The lowest BCUT2D eigenvalue weighted by atomic mass is 10.0. The Labute approximate surface area is 124 Å². The topological polar surface area (TPSA) is 26.7 Å². The Balaban J connectivity index is 1.94. The monoisotopic (exact) mass is 326 g/mol. The van der Waals surface area contributed by atoms with Gasteiger partial charge in [-0.15, -0.1) is 0 Å². The Bertz CT molecular complexity index is 434. The van der Waals surface area contributed by atoms with Crippen LogP contribution in [-0.2, 0) is 6.54 Å². The molecule has 1 aliphatic rings. The second kappa shape index (κ2) is 5.81. The van der Waals surface area contributed by atoms with Crippen molar-refractivity contribution in [1.29, 1.82) is 0 Å². The van der Waals surface area contributed by atoms with Crippen LogP contribution in [0.3, 0.4) is 0 Å². The van der Waals surface area contributed by atoms with Crippen LogP contribution in [0.25, 0.3) is 0 Å². The molecule has 1 aromatic rings. The van der Waals surface area contributed by atoms with Gasteiger partial charge in [-0.05, 0) is 39.0 Å². The number of nitrogens with zero attached hydrogens (tertiary/aromatic N) is 2. The lowest BCUT2D eigenvalue weighted by molar-refractivity contribution is 0.0588. The van der Waals surface area contributed by atoms with Crippen LogP contribution in [0.1, 0.15) is 26.3 Å². The fourth-order valence-electron chi connectivity index (χ4n) is 2.50. The van der Waals surface area contributed by atoms with Crippen molar-refractivity contribution in [3.05, 3.63) is 28.2 Å². The number of phenols is 1. The summed E-state index contributed by atoms with van der Waals surface area (Å²) in [5.74, 6) is 0.390. The van der Waals surface area contributed by atoms with Gasteiger partial charge in [0.2, 0.25) is 0 Å². The zero-order chi connectivity index (χ0) is 14.0. The van der Waals surface area contributed by atoms with E-state index in [1.54, 1.807) is 6.07 Å². The quantitative estimate of drug-likeness (QED) is 0.904. The third-order valence-electron chi connectivity index (χ3n) is 3.76.